The van der Waals surface area contributed by atoms with Crippen molar-refractivity contribution in [3.63, 3.8) is 0 Å². The van der Waals surface area contributed by atoms with Gasteiger partial charge in [0.05, 0.1) is 34.6 Å². The summed E-state index contributed by atoms with van der Waals surface area (Å²) in [4.78, 5) is 22.9. The number of amides is 1. The lowest BCUT2D eigenvalue weighted by atomic mass is 10.1. The Morgan fingerprint density at radius 3 is 2.67 bits per heavy atom. The molecular formula is C21H14ClF3N6O2. The zero-order chi connectivity index (χ0) is 23.3. The van der Waals surface area contributed by atoms with Crippen molar-refractivity contribution in [2.75, 3.05) is 11.4 Å². The predicted octanol–water partition coefficient (Wildman–Crippen LogP) is 4.89. The molecule has 0 unspecified atom stereocenters. The monoisotopic (exact) mass is 474 g/mol. The molecule has 1 atom stereocenters. The van der Waals surface area contributed by atoms with Crippen molar-refractivity contribution in [1.29, 1.82) is 0 Å². The van der Waals surface area contributed by atoms with Crippen LogP contribution in [0.25, 0.3) is 22.7 Å². The number of rotatable bonds is 3. The van der Waals surface area contributed by atoms with Crippen LogP contribution in [0.5, 0.6) is 0 Å². The Hall–Kier alpha value is -3.73. The van der Waals surface area contributed by atoms with Crippen molar-refractivity contribution in [3.05, 3.63) is 65.3 Å². The Morgan fingerprint density at radius 1 is 1.15 bits per heavy atom. The van der Waals surface area contributed by atoms with Crippen LogP contribution in [0.2, 0.25) is 5.02 Å². The predicted molar refractivity (Wildman–Crippen MR) is 112 cm³/mol. The second-order valence-corrected chi connectivity index (χ2v) is 7.85. The fourth-order valence-corrected chi connectivity index (χ4v) is 4.00. The quantitative estimate of drug-likeness (QED) is 0.420. The average molecular weight is 475 g/mol. The Balaban J connectivity index is 1.53. The van der Waals surface area contributed by atoms with Crippen LogP contribution >= 0.6 is 11.6 Å². The van der Waals surface area contributed by atoms with E-state index in [0.29, 0.717) is 22.7 Å². The highest BCUT2D eigenvalue weighted by atomic mass is 35.5. The first-order valence-electron chi connectivity index (χ1n) is 9.73. The Bertz CT molecular complexity index is 1350. The maximum atomic E-state index is 13.4. The Morgan fingerprint density at radius 2 is 1.97 bits per heavy atom. The SMILES string of the molecule is C[C@H]1CN(c2ccc(C(F)(F)F)c(Cl)c2)C(=O)c2c(-c3cc(-c4cnccn4)no3)cnn21. The van der Waals surface area contributed by atoms with E-state index in [0.717, 1.165) is 12.1 Å². The summed E-state index contributed by atoms with van der Waals surface area (Å²) in [5, 5.41) is 7.83. The molecule has 4 aromatic rings. The van der Waals surface area contributed by atoms with E-state index < -0.39 is 22.7 Å². The summed E-state index contributed by atoms with van der Waals surface area (Å²) in [6, 6.07) is 4.60. The van der Waals surface area contributed by atoms with Crippen molar-refractivity contribution in [2.24, 2.45) is 0 Å². The van der Waals surface area contributed by atoms with Gasteiger partial charge in [-0.25, -0.2) is 0 Å². The number of carbonyl (C=O) groups excluding carboxylic acids is 1. The number of anilines is 1. The molecule has 0 saturated carbocycles. The van der Waals surface area contributed by atoms with E-state index >= 15 is 0 Å². The van der Waals surface area contributed by atoms with Crippen molar-refractivity contribution in [1.82, 2.24) is 24.9 Å². The molecule has 1 aromatic carbocycles. The van der Waals surface area contributed by atoms with Crippen LogP contribution < -0.4 is 4.90 Å². The summed E-state index contributed by atoms with van der Waals surface area (Å²) in [7, 11) is 0. The minimum absolute atomic E-state index is 0.204. The molecule has 5 rings (SSSR count). The summed E-state index contributed by atoms with van der Waals surface area (Å²) in [6.07, 6.45) is 1.48. The van der Waals surface area contributed by atoms with Crippen LogP contribution in [0.3, 0.4) is 0 Å². The maximum absolute atomic E-state index is 13.4. The van der Waals surface area contributed by atoms with Gasteiger partial charge in [0.15, 0.2) is 5.76 Å². The van der Waals surface area contributed by atoms with Crippen LogP contribution in [0.4, 0.5) is 18.9 Å². The summed E-state index contributed by atoms with van der Waals surface area (Å²) in [5.41, 5.74) is 0.842. The standard InChI is InChI=1S/C21H14ClF3N6O2/c1-11-10-30(12-2-3-14(15(22)6-12)21(23,24)25)20(32)19-13(8-28-31(11)19)18-7-16(29-33-18)17-9-26-4-5-27-17/h2-9,11H,10H2,1H3/t11-/m0/s1. The fourth-order valence-electron chi connectivity index (χ4n) is 3.72. The molecule has 0 N–H and O–H groups in total. The van der Waals surface area contributed by atoms with Gasteiger partial charge in [-0.3, -0.25) is 19.4 Å². The van der Waals surface area contributed by atoms with Gasteiger partial charge in [0.1, 0.15) is 17.1 Å². The molecule has 4 heterocycles. The third-order valence-electron chi connectivity index (χ3n) is 5.28. The molecular weight excluding hydrogens is 461 g/mol. The lowest BCUT2D eigenvalue weighted by Gasteiger charge is -2.32. The third-order valence-corrected chi connectivity index (χ3v) is 5.59. The molecule has 8 nitrogen and oxygen atoms in total. The maximum Gasteiger partial charge on any atom is 0.417 e. The molecule has 1 amide bonds. The van der Waals surface area contributed by atoms with E-state index in [9.17, 15) is 18.0 Å². The highest BCUT2D eigenvalue weighted by Crippen LogP contribution is 2.39. The van der Waals surface area contributed by atoms with Gasteiger partial charge >= 0.3 is 6.18 Å². The van der Waals surface area contributed by atoms with E-state index in [1.165, 1.54) is 35.8 Å². The molecule has 0 saturated heterocycles. The number of fused-ring (bicyclic) bond motifs is 1. The molecule has 0 fully saturated rings. The smallest absolute Gasteiger partial charge is 0.355 e. The minimum atomic E-state index is -4.59. The number of halogens is 4. The summed E-state index contributed by atoms with van der Waals surface area (Å²) < 4.78 is 46.2. The van der Waals surface area contributed by atoms with E-state index in [1.54, 1.807) is 10.7 Å². The number of benzene rings is 1. The normalized spacial score (nSPS) is 16.2. The van der Waals surface area contributed by atoms with Gasteiger partial charge < -0.3 is 9.42 Å². The molecule has 33 heavy (non-hydrogen) atoms. The second kappa shape index (κ2) is 7.69. The van der Waals surface area contributed by atoms with Gasteiger partial charge in [-0.05, 0) is 25.1 Å². The van der Waals surface area contributed by atoms with Gasteiger partial charge in [-0.1, -0.05) is 16.8 Å². The number of nitrogens with zero attached hydrogens (tertiary/aromatic N) is 6. The number of hydrogen-bond acceptors (Lipinski definition) is 6. The van der Waals surface area contributed by atoms with E-state index in [2.05, 4.69) is 20.2 Å². The zero-order valence-electron chi connectivity index (χ0n) is 16.9. The topological polar surface area (TPSA) is 89.9 Å². The zero-order valence-corrected chi connectivity index (χ0v) is 17.7. The molecule has 3 aromatic heterocycles. The molecule has 0 bridgehead atoms. The molecule has 1 aliphatic heterocycles. The lowest BCUT2D eigenvalue weighted by molar-refractivity contribution is -0.137. The van der Waals surface area contributed by atoms with Gasteiger partial charge in [0.2, 0.25) is 0 Å². The highest BCUT2D eigenvalue weighted by Gasteiger charge is 2.37. The van der Waals surface area contributed by atoms with Crippen molar-refractivity contribution < 1.29 is 22.5 Å². The van der Waals surface area contributed by atoms with Crippen LogP contribution in [-0.2, 0) is 6.18 Å². The number of hydrogen-bond donors (Lipinski definition) is 0. The van der Waals surface area contributed by atoms with Crippen molar-refractivity contribution in [3.8, 4) is 22.7 Å². The van der Waals surface area contributed by atoms with Crippen LogP contribution in [-0.4, -0.2) is 37.4 Å². The van der Waals surface area contributed by atoms with E-state index in [-0.39, 0.29) is 24.0 Å². The highest BCUT2D eigenvalue weighted by molar-refractivity contribution is 6.31. The lowest BCUT2D eigenvalue weighted by Crippen LogP contribution is -2.42. The summed E-state index contributed by atoms with van der Waals surface area (Å²) >= 11 is 5.87. The summed E-state index contributed by atoms with van der Waals surface area (Å²) in [6.45, 7) is 2.05. The second-order valence-electron chi connectivity index (χ2n) is 7.45. The van der Waals surface area contributed by atoms with Gasteiger partial charge in [-0.2, -0.15) is 18.3 Å². The van der Waals surface area contributed by atoms with E-state index in [4.69, 9.17) is 16.1 Å². The molecule has 0 spiro atoms. The minimum Gasteiger partial charge on any atom is -0.355 e. The van der Waals surface area contributed by atoms with E-state index in [1.807, 2.05) is 6.92 Å². The molecule has 0 radical (unpaired) electrons. The Labute approximate surface area is 189 Å². The van der Waals surface area contributed by atoms with Gasteiger partial charge in [0.25, 0.3) is 5.91 Å². The summed E-state index contributed by atoms with van der Waals surface area (Å²) in [5.74, 6) is -0.154. The van der Waals surface area contributed by atoms with Crippen molar-refractivity contribution in [2.45, 2.75) is 19.1 Å². The first kappa shape index (κ1) is 21.1. The average Bonchev–Trinajstić information content (AvgIpc) is 3.43. The van der Waals surface area contributed by atoms with Crippen LogP contribution in [0.15, 0.2) is 53.6 Å². The molecule has 0 aliphatic carbocycles. The third kappa shape index (κ3) is 3.63. The first-order chi connectivity index (χ1) is 15.7. The Kier molecular flexibility index (Phi) is 4.93. The molecule has 1 aliphatic rings. The number of alkyl halides is 3. The van der Waals surface area contributed by atoms with Gasteiger partial charge in [-0.15, -0.1) is 0 Å². The van der Waals surface area contributed by atoms with Gasteiger partial charge in [0, 0.05) is 30.7 Å². The largest absolute Gasteiger partial charge is 0.417 e. The molecule has 12 heteroatoms. The fraction of sp³-hybridized carbons (Fsp3) is 0.190. The number of carbonyl (C=O) groups is 1. The molecule has 168 valence electrons. The van der Waals surface area contributed by atoms with Crippen molar-refractivity contribution >= 4 is 23.2 Å². The van der Waals surface area contributed by atoms with Crippen LogP contribution in [0, 0.1) is 0 Å². The number of aromatic nitrogens is 5. The van der Waals surface area contributed by atoms with Crippen LogP contribution in [0.1, 0.15) is 29.0 Å². The first-order valence-corrected chi connectivity index (χ1v) is 10.1.